The first-order valence-electron chi connectivity index (χ1n) is 8.99. The largest absolute Gasteiger partial charge is 0.468 e. The van der Waals surface area contributed by atoms with Crippen molar-refractivity contribution in [1.29, 1.82) is 0 Å². The molecule has 1 aliphatic rings. The molecule has 1 amide bonds. The summed E-state index contributed by atoms with van der Waals surface area (Å²) in [5.74, 6) is -1.24. The van der Waals surface area contributed by atoms with Gasteiger partial charge in [0, 0.05) is 18.5 Å². The maximum atomic E-state index is 12.7. The van der Waals surface area contributed by atoms with Crippen LogP contribution in [0.4, 0.5) is 0 Å². The lowest BCUT2D eigenvalue weighted by Crippen LogP contribution is -2.55. The van der Waals surface area contributed by atoms with Crippen molar-refractivity contribution in [3.8, 4) is 0 Å². The van der Waals surface area contributed by atoms with Crippen LogP contribution < -0.4 is 5.32 Å². The smallest absolute Gasteiger partial charge is 0.322 e. The maximum absolute atomic E-state index is 12.7. The normalized spacial score (nSPS) is 25.2. The predicted molar refractivity (Wildman–Crippen MR) is 101 cm³/mol. The maximum Gasteiger partial charge on any atom is 0.322 e. The van der Waals surface area contributed by atoms with Crippen LogP contribution in [0, 0.1) is 12.3 Å². The second-order valence-electron chi connectivity index (χ2n) is 7.12. The summed E-state index contributed by atoms with van der Waals surface area (Å²) in [5.41, 5.74) is 0.905. The van der Waals surface area contributed by atoms with Gasteiger partial charge in [-0.2, -0.15) is 0 Å². The molecule has 2 rings (SSSR count). The Morgan fingerprint density at radius 2 is 1.93 bits per heavy atom. The third kappa shape index (κ3) is 4.45. The molecule has 0 aliphatic carbocycles. The Hall–Kier alpha value is -2.47. The number of hydrogen-bond acceptors (Lipinski definition) is 5. The number of methoxy groups -OCH3 is 1. The van der Waals surface area contributed by atoms with Crippen molar-refractivity contribution >= 4 is 17.7 Å². The van der Waals surface area contributed by atoms with Crippen LogP contribution in [0.1, 0.15) is 37.8 Å². The number of hydrogen-bond donors (Lipinski definition) is 1. The molecule has 1 fully saturated rings. The van der Waals surface area contributed by atoms with Crippen LogP contribution >= 0.6 is 0 Å². The van der Waals surface area contributed by atoms with E-state index < -0.39 is 29.4 Å². The van der Waals surface area contributed by atoms with Crippen LogP contribution in [-0.2, 0) is 30.4 Å². The van der Waals surface area contributed by atoms with E-state index in [-0.39, 0.29) is 24.3 Å². The predicted octanol–water partition coefficient (Wildman–Crippen LogP) is 2.48. The third-order valence-corrected chi connectivity index (χ3v) is 5.12. The van der Waals surface area contributed by atoms with Crippen molar-refractivity contribution in [3.05, 3.63) is 47.5 Å². The van der Waals surface area contributed by atoms with Gasteiger partial charge in [-0.25, -0.2) is 0 Å². The van der Waals surface area contributed by atoms with Crippen molar-refractivity contribution < 1.29 is 23.9 Å². The summed E-state index contributed by atoms with van der Waals surface area (Å²) in [7, 11) is 1.23. The summed E-state index contributed by atoms with van der Waals surface area (Å²) in [6, 6.07) is 7.89. The van der Waals surface area contributed by atoms with E-state index in [2.05, 4.69) is 11.9 Å². The quantitative estimate of drug-likeness (QED) is 0.471. The topological polar surface area (TPSA) is 81.7 Å². The van der Waals surface area contributed by atoms with Crippen molar-refractivity contribution in [2.45, 2.75) is 52.4 Å². The second kappa shape index (κ2) is 8.48. The molecule has 1 heterocycles. The number of amides is 1. The summed E-state index contributed by atoms with van der Waals surface area (Å²) >= 11 is 0. The fourth-order valence-electron chi connectivity index (χ4n) is 3.18. The van der Waals surface area contributed by atoms with Crippen molar-refractivity contribution in [2.75, 3.05) is 7.11 Å². The van der Waals surface area contributed by atoms with Crippen LogP contribution in [0.15, 0.2) is 36.4 Å². The van der Waals surface area contributed by atoms with Gasteiger partial charge in [-0.1, -0.05) is 36.4 Å². The highest BCUT2D eigenvalue weighted by Crippen LogP contribution is 2.39. The van der Waals surface area contributed by atoms with Gasteiger partial charge in [-0.15, -0.1) is 0 Å². The number of aryl methyl sites for hydroxylation is 1. The fraction of sp³-hybridized carbons (Fsp3) is 0.476. The lowest BCUT2D eigenvalue weighted by molar-refractivity contribution is -0.175. The zero-order valence-corrected chi connectivity index (χ0v) is 16.3. The Morgan fingerprint density at radius 1 is 1.30 bits per heavy atom. The summed E-state index contributed by atoms with van der Waals surface area (Å²) in [4.78, 5) is 37.2. The molecular weight excluding hydrogens is 346 g/mol. The number of Topliss-reactive ketones (excluding diaryl/α,β-unsaturated/α-hetero) is 1. The molecule has 0 saturated carbocycles. The van der Waals surface area contributed by atoms with E-state index in [0.717, 1.165) is 11.1 Å². The fourth-order valence-corrected chi connectivity index (χ4v) is 3.18. The minimum absolute atomic E-state index is 0.135. The van der Waals surface area contributed by atoms with Gasteiger partial charge in [-0.3, -0.25) is 14.4 Å². The van der Waals surface area contributed by atoms with E-state index in [0.29, 0.717) is 6.54 Å². The molecule has 0 spiro atoms. The van der Waals surface area contributed by atoms with Gasteiger partial charge in [0.15, 0.2) is 11.2 Å². The van der Waals surface area contributed by atoms with E-state index in [4.69, 9.17) is 9.47 Å². The number of esters is 1. The number of ketones is 1. The molecule has 6 nitrogen and oxygen atoms in total. The number of nitrogens with one attached hydrogen (secondary N) is 1. The highest BCUT2D eigenvalue weighted by Gasteiger charge is 2.54. The molecule has 1 aliphatic heterocycles. The molecule has 1 saturated heterocycles. The summed E-state index contributed by atoms with van der Waals surface area (Å²) in [6.07, 6.45) is -0.886. The van der Waals surface area contributed by atoms with Crippen molar-refractivity contribution in [1.82, 2.24) is 5.32 Å². The Bertz CT molecular complexity index is 739. The molecule has 27 heavy (non-hydrogen) atoms. The van der Waals surface area contributed by atoms with E-state index in [1.54, 1.807) is 6.92 Å². The average molecular weight is 373 g/mol. The third-order valence-electron chi connectivity index (χ3n) is 5.12. The van der Waals surface area contributed by atoms with Crippen LogP contribution in [0.3, 0.4) is 0 Å². The monoisotopic (exact) mass is 373 g/mol. The molecule has 3 atom stereocenters. The number of ether oxygens (including phenoxy) is 2. The first kappa shape index (κ1) is 20.8. The lowest BCUT2D eigenvalue weighted by atomic mass is 9.72. The Morgan fingerprint density at radius 3 is 2.52 bits per heavy atom. The molecule has 0 radical (unpaired) electrons. The van der Waals surface area contributed by atoms with Crippen LogP contribution in [0.2, 0.25) is 0 Å². The standard InChI is InChI=1S/C21H27NO5/c1-13-6-8-16(9-7-13)12-22-18(23)11-10-17-21(4,20(25)26-5)19(24)14(2)15(3)27-17/h6-9,15,17H,2,10-12H2,1,3-5H3,(H,22,23). The van der Waals surface area contributed by atoms with Crippen LogP contribution in [0.25, 0.3) is 0 Å². The average Bonchev–Trinajstić information content (AvgIpc) is 2.66. The first-order chi connectivity index (χ1) is 12.7. The van der Waals surface area contributed by atoms with Gasteiger partial charge in [0.25, 0.3) is 0 Å². The number of rotatable bonds is 6. The summed E-state index contributed by atoms with van der Waals surface area (Å²) in [5, 5.41) is 2.85. The Kier molecular flexibility index (Phi) is 6.54. The van der Waals surface area contributed by atoms with Gasteiger partial charge in [0.2, 0.25) is 5.91 Å². The highest BCUT2D eigenvalue weighted by atomic mass is 16.5. The van der Waals surface area contributed by atoms with E-state index in [1.807, 2.05) is 31.2 Å². The lowest BCUT2D eigenvalue weighted by Gasteiger charge is -2.41. The van der Waals surface area contributed by atoms with Gasteiger partial charge >= 0.3 is 5.97 Å². The number of carbonyl (C=O) groups excluding carboxylic acids is 3. The molecular formula is C21H27NO5. The molecule has 146 valence electrons. The number of carbonyl (C=O) groups is 3. The Labute approximate surface area is 159 Å². The van der Waals surface area contributed by atoms with E-state index >= 15 is 0 Å². The zero-order chi connectivity index (χ0) is 20.2. The first-order valence-corrected chi connectivity index (χ1v) is 8.99. The van der Waals surface area contributed by atoms with E-state index in [1.165, 1.54) is 14.0 Å². The molecule has 0 aromatic heterocycles. The Balaban J connectivity index is 1.99. The second-order valence-corrected chi connectivity index (χ2v) is 7.12. The van der Waals surface area contributed by atoms with Crippen molar-refractivity contribution in [3.63, 3.8) is 0 Å². The summed E-state index contributed by atoms with van der Waals surface area (Å²) < 4.78 is 10.6. The van der Waals surface area contributed by atoms with Crippen LogP contribution in [0.5, 0.6) is 0 Å². The minimum atomic E-state index is -1.49. The highest BCUT2D eigenvalue weighted by molar-refractivity contribution is 6.13. The van der Waals surface area contributed by atoms with Crippen molar-refractivity contribution in [2.24, 2.45) is 5.41 Å². The van der Waals surface area contributed by atoms with Crippen LogP contribution in [-0.4, -0.2) is 37.0 Å². The number of benzene rings is 1. The summed E-state index contributed by atoms with van der Waals surface area (Å²) in [6.45, 7) is 9.35. The van der Waals surface area contributed by atoms with Gasteiger partial charge in [0.05, 0.1) is 19.3 Å². The molecule has 1 N–H and O–H groups in total. The molecule has 1 aromatic carbocycles. The molecule has 0 bridgehead atoms. The van der Waals surface area contributed by atoms with Gasteiger partial charge in [0.1, 0.15) is 0 Å². The van der Waals surface area contributed by atoms with Gasteiger partial charge < -0.3 is 14.8 Å². The minimum Gasteiger partial charge on any atom is -0.468 e. The zero-order valence-electron chi connectivity index (χ0n) is 16.3. The van der Waals surface area contributed by atoms with Gasteiger partial charge in [-0.05, 0) is 32.8 Å². The molecule has 3 unspecified atom stereocenters. The molecule has 6 heteroatoms. The SMILES string of the molecule is C=C1C(=O)C(C)(C(=O)OC)C(CCC(=O)NCc2ccc(C)cc2)OC1C. The van der Waals surface area contributed by atoms with E-state index in [9.17, 15) is 14.4 Å². The molecule has 1 aromatic rings.